The van der Waals surface area contributed by atoms with E-state index < -0.39 is 8.07 Å². The van der Waals surface area contributed by atoms with Crippen molar-refractivity contribution < 1.29 is 5.94 Å². The van der Waals surface area contributed by atoms with Crippen LogP contribution in [0.25, 0.3) is 33.2 Å². The lowest BCUT2D eigenvalue weighted by molar-refractivity contribution is -0.665. The number of fused-ring (bicyclic) bond motifs is 1. The molecule has 0 N–H and O–H groups in total. The van der Waals surface area contributed by atoms with Gasteiger partial charge >= 0.3 is 0 Å². The number of hydrogen-bond acceptors (Lipinski definition) is 0. The van der Waals surface area contributed by atoms with Crippen LogP contribution in [0.15, 0.2) is 103 Å². The van der Waals surface area contributed by atoms with Gasteiger partial charge in [0.15, 0.2) is 5.69 Å². The number of pyridine rings is 1. The predicted molar refractivity (Wildman–Crippen MR) is 149 cm³/mol. The Morgan fingerprint density at radius 1 is 0.706 bits per heavy atom. The SMILES string of the molecule is [2H]c1c(C)[n+](C)c(-c2ccc(-c3ccccc3)cc2C)c2ccc([Si](C)(C)c3ccccc3)cc12. The van der Waals surface area contributed by atoms with Gasteiger partial charge in [-0.15, -0.1) is 0 Å². The van der Waals surface area contributed by atoms with E-state index in [2.05, 4.69) is 136 Å². The predicted octanol–water partition coefficient (Wildman–Crippen LogP) is 6.44. The average Bonchev–Trinajstić information content (AvgIpc) is 2.89. The van der Waals surface area contributed by atoms with Crippen LogP contribution in [0.1, 0.15) is 12.6 Å². The van der Waals surface area contributed by atoms with Gasteiger partial charge in [0.25, 0.3) is 0 Å². The van der Waals surface area contributed by atoms with Crippen LogP contribution in [-0.2, 0) is 7.05 Å². The van der Waals surface area contributed by atoms with E-state index in [1.807, 2.05) is 0 Å². The fourth-order valence-corrected chi connectivity index (χ4v) is 7.32. The summed E-state index contributed by atoms with van der Waals surface area (Å²) in [6.07, 6.45) is 0. The minimum Gasteiger partial charge on any atom is -0.198 e. The molecular weight excluding hydrogens is 426 g/mol. The number of hydrogen-bond donors (Lipinski definition) is 0. The van der Waals surface area contributed by atoms with Crippen molar-refractivity contribution in [3.8, 4) is 22.4 Å². The minimum absolute atomic E-state index is 0.615. The molecule has 0 atom stereocenters. The largest absolute Gasteiger partial charge is 0.220 e. The number of aryl methyl sites for hydroxylation is 1. The summed E-state index contributed by atoms with van der Waals surface area (Å²) in [6.45, 7) is 9.05. The molecule has 0 aliphatic heterocycles. The summed E-state index contributed by atoms with van der Waals surface area (Å²) in [5.74, 6) is 0. The van der Waals surface area contributed by atoms with E-state index >= 15 is 0 Å². The fourth-order valence-electron chi connectivity index (χ4n) is 4.96. The van der Waals surface area contributed by atoms with Gasteiger partial charge in [-0.05, 0) is 41.1 Å². The summed E-state index contributed by atoms with van der Waals surface area (Å²) >= 11 is 0. The lowest BCUT2D eigenvalue weighted by atomic mass is 9.95. The van der Waals surface area contributed by atoms with E-state index in [1.54, 1.807) is 0 Å². The summed E-state index contributed by atoms with van der Waals surface area (Å²) in [6, 6.07) is 35.6. The second-order valence-corrected chi connectivity index (χ2v) is 14.2. The Morgan fingerprint density at radius 2 is 1.38 bits per heavy atom. The van der Waals surface area contributed by atoms with Crippen molar-refractivity contribution in [1.29, 1.82) is 0 Å². The molecule has 0 spiro atoms. The monoisotopic (exact) mass is 459 g/mol. The molecule has 1 nitrogen and oxygen atoms in total. The average molecular weight is 460 g/mol. The van der Waals surface area contributed by atoms with Gasteiger partial charge in [-0.3, -0.25) is 0 Å². The first-order valence-electron chi connectivity index (χ1n) is 12.4. The number of rotatable bonds is 4. The lowest BCUT2D eigenvalue weighted by Crippen LogP contribution is -2.52. The van der Waals surface area contributed by atoms with Gasteiger partial charge in [0.2, 0.25) is 5.69 Å². The van der Waals surface area contributed by atoms with Crippen LogP contribution < -0.4 is 14.9 Å². The third-order valence-electron chi connectivity index (χ3n) is 7.23. The summed E-state index contributed by atoms with van der Waals surface area (Å²) in [7, 11) is 0.217. The highest BCUT2D eigenvalue weighted by molar-refractivity contribution is 7.00. The molecule has 0 bridgehead atoms. The van der Waals surface area contributed by atoms with E-state index in [9.17, 15) is 0 Å². The van der Waals surface area contributed by atoms with Crippen molar-refractivity contribution in [1.82, 2.24) is 0 Å². The van der Waals surface area contributed by atoms with Crippen molar-refractivity contribution in [3.63, 3.8) is 0 Å². The molecule has 4 aromatic carbocycles. The maximum absolute atomic E-state index is 8.99. The normalized spacial score (nSPS) is 12.1. The number of benzene rings is 4. The zero-order valence-corrected chi connectivity index (χ0v) is 21.7. The van der Waals surface area contributed by atoms with Crippen LogP contribution in [0.4, 0.5) is 0 Å². The molecule has 1 aromatic heterocycles. The van der Waals surface area contributed by atoms with E-state index in [4.69, 9.17) is 1.37 Å². The Hall–Kier alpha value is -3.49. The van der Waals surface area contributed by atoms with E-state index in [0.717, 1.165) is 16.5 Å². The van der Waals surface area contributed by atoms with E-state index in [-0.39, 0.29) is 0 Å². The molecular formula is C32H32NSi+. The van der Waals surface area contributed by atoms with Crippen molar-refractivity contribution in [2.45, 2.75) is 26.9 Å². The Kier molecular flexibility index (Phi) is 5.39. The van der Waals surface area contributed by atoms with Crippen molar-refractivity contribution >= 4 is 29.2 Å². The molecule has 1 heterocycles. The lowest BCUT2D eigenvalue weighted by Gasteiger charge is -2.24. The molecule has 0 aliphatic carbocycles. The van der Waals surface area contributed by atoms with Crippen molar-refractivity contribution in [3.05, 3.63) is 114 Å². The molecule has 0 radical (unpaired) electrons. The molecule has 0 aliphatic rings. The molecule has 34 heavy (non-hydrogen) atoms. The molecule has 0 amide bonds. The summed E-state index contributed by atoms with van der Waals surface area (Å²) in [5.41, 5.74) is 7.07. The van der Waals surface area contributed by atoms with Gasteiger partial charge in [-0.2, -0.15) is 4.57 Å². The van der Waals surface area contributed by atoms with Crippen molar-refractivity contribution in [2.24, 2.45) is 7.05 Å². The second kappa shape index (κ2) is 8.70. The van der Waals surface area contributed by atoms with Crippen LogP contribution in [0.5, 0.6) is 0 Å². The topological polar surface area (TPSA) is 3.88 Å². The van der Waals surface area contributed by atoms with Gasteiger partial charge in [0.1, 0.15) is 15.1 Å². The maximum atomic E-state index is 8.99. The number of aromatic nitrogens is 1. The van der Waals surface area contributed by atoms with Gasteiger partial charge in [0.05, 0.1) is 6.76 Å². The third kappa shape index (κ3) is 3.89. The second-order valence-electron chi connectivity index (χ2n) is 9.77. The third-order valence-corrected chi connectivity index (χ3v) is 10.8. The molecule has 0 saturated carbocycles. The molecule has 0 fully saturated rings. The Labute approximate surface area is 205 Å². The van der Waals surface area contributed by atoms with Crippen LogP contribution in [0.3, 0.4) is 0 Å². The van der Waals surface area contributed by atoms with Crippen LogP contribution >= 0.6 is 0 Å². The highest BCUT2D eigenvalue weighted by Crippen LogP contribution is 2.31. The first kappa shape index (κ1) is 21.1. The Balaban J connectivity index is 1.70. The maximum Gasteiger partial charge on any atom is 0.220 e. The quantitative estimate of drug-likeness (QED) is 0.215. The summed E-state index contributed by atoms with van der Waals surface area (Å²) < 4.78 is 11.2. The first-order chi connectivity index (χ1) is 16.8. The standard InChI is InChI=1S/C32H32NSi/c1-23-20-26(25-12-8-6-9-13-25)16-18-30(23)32-31-19-17-29(22-27(31)21-24(2)33(32)3)34(4,5)28-14-10-7-11-15-28/h6-22H,1-5H3/q+1/i21D. The van der Waals surface area contributed by atoms with Gasteiger partial charge < -0.3 is 0 Å². The van der Waals surface area contributed by atoms with Crippen LogP contribution in [0.2, 0.25) is 13.1 Å². The molecule has 2 heteroatoms. The smallest absolute Gasteiger partial charge is 0.198 e. The van der Waals surface area contributed by atoms with Gasteiger partial charge in [0, 0.05) is 18.5 Å². The van der Waals surface area contributed by atoms with Gasteiger partial charge in [-0.25, -0.2) is 0 Å². The Bertz CT molecular complexity index is 1540. The summed E-state index contributed by atoms with van der Waals surface area (Å²) in [5, 5.41) is 4.95. The van der Waals surface area contributed by atoms with Crippen molar-refractivity contribution in [2.75, 3.05) is 0 Å². The Morgan fingerprint density at radius 3 is 2.06 bits per heavy atom. The minimum atomic E-state index is -1.87. The first-order valence-corrected chi connectivity index (χ1v) is 14.9. The number of nitrogens with zero attached hydrogens (tertiary/aromatic N) is 1. The van der Waals surface area contributed by atoms with Crippen LogP contribution in [-0.4, -0.2) is 8.07 Å². The fraction of sp³-hybridized carbons (Fsp3) is 0.156. The van der Waals surface area contributed by atoms with E-state index in [0.29, 0.717) is 6.04 Å². The molecule has 0 unspecified atom stereocenters. The summed E-state index contributed by atoms with van der Waals surface area (Å²) in [4.78, 5) is 0. The molecule has 5 rings (SSSR count). The van der Waals surface area contributed by atoms with Crippen LogP contribution in [0, 0.1) is 13.8 Å². The zero-order valence-electron chi connectivity index (χ0n) is 21.7. The molecule has 5 aromatic rings. The van der Waals surface area contributed by atoms with Gasteiger partial charge in [-0.1, -0.05) is 108 Å². The molecule has 0 saturated heterocycles. The molecule has 168 valence electrons. The highest BCUT2D eigenvalue weighted by Gasteiger charge is 2.27. The zero-order chi connectivity index (χ0) is 24.7. The highest BCUT2D eigenvalue weighted by atomic mass is 28.3. The van der Waals surface area contributed by atoms with E-state index in [1.165, 1.54) is 38.3 Å².